The predicted octanol–water partition coefficient (Wildman–Crippen LogP) is 2.80. The monoisotopic (exact) mass is 381 g/mol. The molecule has 0 bridgehead atoms. The topological polar surface area (TPSA) is 57.0 Å². The van der Waals surface area contributed by atoms with Crippen molar-refractivity contribution in [2.24, 2.45) is 0 Å². The fourth-order valence-corrected chi connectivity index (χ4v) is 3.98. The molecule has 6 nitrogen and oxygen atoms in total. The minimum absolute atomic E-state index is 0.106. The molecule has 2 saturated heterocycles. The fraction of sp³-hybridized carbons (Fsp3) is 0.455. The van der Waals surface area contributed by atoms with Crippen molar-refractivity contribution in [2.45, 2.75) is 25.7 Å². The SMILES string of the molecule is O=C(Cc1ccc(N2CCCCC2)cc1)N1CCN(C(=O)c2ccco2)CC1. The van der Waals surface area contributed by atoms with Crippen LogP contribution in [0.1, 0.15) is 35.4 Å². The van der Waals surface area contributed by atoms with Crippen LogP contribution >= 0.6 is 0 Å². The first kappa shape index (κ1) is 18.6. The first-order valence-corrected chi connectivity index (χ1v) is 10.2. The van der Waals surface area contributed by atoms with Gasteiger partial charge in [-0.15, -0.1) is 0 Å². The van der Waals surface area contributed by atoms with Crippen molar-refractivity contribution in [3.63, 3.8) is 0 Å². The molecule has 2 aliphatic heterocycles. The van der Waals surface area contributed by atoms with Crippen LogP contribution in [0.2, 0.25) is 0 Å². The van der Waals surface area contributed by atoms with Gasteiger partial charge < -0.3 is 19.1 Å². The van der Waals surface area contributed by atoms with Crippen molar-refractivity contribution in [2.75, 3.05) is 44.2 Å². The molecule has 2 aromatic rings. The van der Waals surface area contributed by atoms with Gasteiger partial charge in [-0.1, -0.05) is 12.1 Å². The second kappa shape index (κ2) is 8.50. The highest BCUT2D eigenvalue weighted by atomic mass is 16.3. The molecule has 3 heterocycles. The maximum atomic E-state index is 12.7. The number of carbonyl (C=O) groups is 2. The van der Waals surface area contributed by atoms with E-state index in [2.05, 4.69) is 29.2 Å². The molecular weight excluding hydrogens is 354 g/mol. The number of benzene rings is 1. The van der Waals surface area contributed by atoms with Gasteiger partial charge >= 0.3 is 0 Å². The van der Waals surface area contributed by atoms with E-state index in [0.717, 1.165) is 18.7 Å². The molecule has 4 rings (SSSR count). The lowest BCUT2D eigenvalue weighted by molar-refractivity contribution is -0.131. The lowest BCUT2D eigenvalue weighted by Gasteiger charge is -2.34. The maximum absolute atomic E-state index is 12.7. The average molecular weight is 381 g/mol. The number of furan rings is 1. The molecule has 1 aromatic carbocycles. The Kier molecular flexibility index (Phi) is 5.65. The number of amides is 2. The maximum Gasteiger partial charge on any atom is 0.289 e. The van der Waals surface area contributed by atoms with Crippen molar-refractivity contribution in [3.05, 3.63) is 54.0 Å². The summed E-state index contributed by atoms with van der Waals surface area (Å²) in [4.78, 5) is 31.0. The van der Waals surface area contributed by atoms with Gasteiger partial charge in [-0.05, 0) is 49.1 Å². The van der Waals surface area contributed by atoms with Crippen LogP contribution in [0.5, 0.6) is 0 Å². The third-order valence-corrected chi connectivity index (χ3v) is 5.66. The van der Waals surface area contributed by atoms with Gasteiger partial charge in [0.05, 0.1) is 12.7 Å². The van der Waals surface area contributed by atoms with Crippen LogP contribution < -0.4 is 4.90 Å². The van der Waals surface area contributed by atoms with E-state index in [1.807, 2.05) is 4.90 Å². The number of piperazine rings is 1. The highest BCUT2D eigenvalue weighted by Gasteiger charge is 2.26. The van der Waals surface area contributed by atoms with Gasteiger partial charge in [-0.25, -0.2) is 0 Å². The van der Waals surface area contributed by atoms with Gasteiger partial charge in [0.2, 0.25) is 5.91 Å². The van der Waals surface area contributed by atoms with Crippen LogP contribution in [0.15, 0.2) is 47.1 Å². The molecule has 0 atom stereocenters. The summed E-state index contributed by atoms with van der Waals surface area (Å²) in [5.41, 5.74) is 2.29. The van der Waals surface area contributed by atoms with E-state index in [9.17, 15) is 9.59 Å². The van der Waals surface area contributed by atoms with Gasteiger partial charge in [-0.3, -0.25) is 9.59 Å². The van der Waals surface area contributed by atoms with Crippen LogP contribution in [-0.4, -0.2) is 60.9 Å². The number of nitrogens with zero attached hydrogens (tertiary/aromatic N) is 3. The van der Waals surface area contributed by atoms with Crippen molar-refractivity contribution in [1.82, 2.24) is 9.80 Å². The highest BCUT2D eigenvalue weighted by molar-refractivity contribution is 5.91. The molecule has 148 valence electrons. The Morgan fingerprint density at radius 2 is 1.50 bits per heavy atom. The molecule has 0 radical (unpaired) electrons. The van der Waals surface area contributed by atoms with E-state index in [-0.39, 0.29) is 11.8 Å². The molecule has 0 unspecified atom stereocenters. The van der Waals surface area contributed by atoms with Crippen molar-refractivity contribution in [1.29, 1.82) is 0 Å². The van der Waals surface area contributed by atoms with Gasteiger partial charge in [0, 0.05) is 45.0 Å². The van der Waals surface area contributed by atoms with E-state index in [0.29, 0.717) is 38.4 Å². The molecular formula is C22H27N3O3. The zero-order chi connectivity index (χ0) is 19.3. The Hall–Kier alpha value is -2.76. The Morgan fingerprint density at radius 1 is 0.821 bits per heavy atom. The molecule has 2 fully saturated rings. The number of piperidine rings is 1. The summed E-state index contributed by atoms with van der Waals surface area (Å²) in [7, 11) is 0. The third kappa shape index (κ3) is 4.21. The molecule has 0 aliphatic carbocycles. The van der Waals surface area contributed by atoms with Crippen molar-refractivity contribution in [3.8, 4) is 0 Å². The van der Waals surface area contributed by atoms with Crippen LogP contribution in [0.25, 0.3) is 0 Å². The molecule has 0 saturated carbocycles. The summed E-state index contributed by atoms with van der Waals surface area (Å²) in [6, 6.07) is 11.8. The zero-order valence-corrected chi connectivity index (χ0v) is 16.2. The lowest BCUT2D eigenvalue weighted by atomic mass is 10.1. The number of anilines is 1. The Labute approximate surface area is 165 Å². The second-order valence-corrected chi connectivity index (χ2v) is 7.54. The third-order valence-electron chi connectivity index (χ3n) is 5.66. The summed E-state index contributed by atoms with van der Waals surface area (Å²) in [5.74, 6) is 0.370. The summed E-state index contributed by atoms with van der Waals surface area (Å²) in [5, 5.41) is 0. The van der Waals surface area contributed by atoms with E-state index in [4.69, 9.17) is 4.42 Å². The van der Waals surface area contributed by atoms with Crippen molar-refractivity contribution < 1.29 is 14.0 Å². The van der Waals surface area contributed by atoms with E-state index < -0.39 is 0 Å². The minimum Gasteiger partial charge on any atom is -0.459 e. The smallest absolute Gasteiger partial charge is 0.289 e. The van der Waals surface area contributed by atoms with E-state index >= 15 is 0 Å². The Balaban J connectivity index is 1.28. The highest BCUT2D eigenvalue weighted by Crippen LogP contribution is 2.20. The van der Waals surface area contributed by atoms with Crippen LogP contribution in [-0.2, 0) is 11.2 Å². The van der Waals surface area contributed by atoms with E-state index in [1.165, 1.54) is 31.2 Å². The molecule has 28 heavy (non-hydrogen) atoms. The Morgan fingerprint density at radius 3 is 2.14 bits per heavy atom. The van der Waals surface area contributed by atoms with Crippen molar-refractivity contribution >= 4 is 17.5 Å². The van der Waals surface area contributed by atoms with Crippen LogP contribution in [0, 0.1) is 0 Å². The van der Waals surface area contributed by atoms with Gasteiger partial charge in [0.15, 0.2) is 5.76 Å². The molecule has 2 aliphatic rings. The summed E-state index contributed by atoms with van der Waals surface area (Å²) >= 11 is 0. The normalized spacial score (nSPS) is 17.6. The second-order valence-electron chi connectivity index (χ2n) is 7.54. The number of hydrogen-bond donors (Lipinski definition) is 0. The van der Waals surface area contributed by atoms with Gasteiger partial charge in [-0.2, -0.15) is 0 Å². The first-order valence-electron chi connectivity index (χ1n) is 10.2. The summed E-state index contributed by atoms with van der Waals surface area (Å²) in [6.45, 7) is 4.46. The van der Waals surface area contributed by atoms with Gasteiger partial charge in [0.1, 0.15) is 0 Å². The van der Waals surface area contributed by atoms with Crippen LogP contribution in [0.4, 0.5) is 5.69 Å². The predicted molar refractivity (Wildman–Crippen MR) is 107 cm³/mol. The quantitative estimate of drug-likeness (QED) is 0.817. The molecule has 0 N–H and O–H groups in total. The zero-order valence-electron chi connectivity index (χ0n) is 16.2. The minimum atomic E-state index is -0.106. The summed E-state index contributed by atoms with van der Waals surface area (Å²) in [6.07, 6.45) is 5.75. The standard InChI is InChI=1S/C22H27N3O3/c26-21(17-18-6-8-19(9-7-18)23-10-2-1-3-11-23)24-12-14-25(15-13-24)22(27)20-5-4-16-28-20/h4-9,16H,1-3,10-15,17H2. The van der Waals surface area contributed by atoms with Crippen LogP contribution in [0.3, 0.4) is 0 Å². The molecule has 2 amide bonds. The first-order chi connectivity index (χ1) is 13.7. The largest absolute Gasteiger partial charge is 0.459 e. The summed E-state index contributed by atoms with van der Waals surface area (Å²) < 4.78 is 5.18. The number of carbonyl (C=O) groups excluding carboxylic acids is 2. The molecule has 0 spiro atoms. The Bertz CT molecular complexity index is 787. The fourth-order valence-electron chi connectivity index (χ4n) is 3.98. The molecule has 6 heteroatoms. The van der Waals surface area contributed by atoms with Gasteiger partial charge in [0.25, 0.3) is 5.91 Å². The lowest BCUT2D eigenvalue weighted by Crippen LogP contribution is -2.50. The number of rotatable bonds is 4. The average Bonchev–Trinajstić information content (AvgIpc) is 3.29. The van der Waals surface area contributed by atoms with E-state index in [1.54, 1.807) is 17.0 Å². The molecule has 1 aromatic heterocycles. The number of hydrogen-bond acceptors (Lipinski definition) is 4.